The van der Waals surface area contributed by atoms with E-state index in [1.54, 1.807) is 0 Å². The Morgan fingerprint density at radius 3 is 2.86 bits per heavy atom. The lowest BCUT2D eigenvalue weighted by molar-refractivity contribution is -0.151. The molecule has 1 aliphatic carbocycles. The number of fused-ring (bicyclic) bond motifs is 1. The average molecular weight is 405 g/mol. The second kappa shape index (κ2) is 9.47. The summed E-state index contributed by atoms with van der Waals surface area (Å²) in [5.74, 6) is 2.03. The van der Waals surface area contributed by atoms with E-state index in [2.05, 4.69) is 5.32 Å². The fourth-order valence-corrected chi connectivity index (χ4v) is 3.35. The molecule has 1 amide bonds. The number of aliphatic hydroxyl groups is 1. The molecular formula is C21H27NO7. The predicted molar refractivity (Wildman–Crippen MR) is 102 cm³/mol. The Morgan fingerprint density at radius 2 is 2.03 bits per heavy atom. The van der Waals surface area contributed by atoms with Crippen molar-refractivity contribution in [3.8, 4) is 11.5 Å². The van der Waals surface area contributed by atoms with E-state index >= 15 is 0 Å². The number of carbonyl (C=O) groups excluding carboxylic acids is 1. The number of hydrogen-bond donors (Lipinski definition) is 2. The number of hydrogen-bond acceptors (Lipinski definition) is 7. The minimum absolute atomic E-state index is 0.0276. The van der Waals surface area contributed by atoms with Crippen molar-refractivity contribution < 1.29 is 33.6 Å². The molecule has 2 heterocycles. The molecule has 29 heavy (non-hydrogen) atoms. The number of amides is 1. The largest absolute Gasteiger partial charge is 0.459 e. The molecule has 8 heteroatoms. The Bertz CT molecular complexity index is 747. The third-order valence-corrected chi connectivity index (χ3v) is 5.12. The summed E-state index contributed by atoms with van der Waals surface area (Å²) in [5.41, 5.74) is 1.01. The quantitative estimate of drug-likeness (QED) is 0.572. The molecule has 4 rings (SSSR count). The van der Waals surface area contributed by atoms with Crippen LogP contribution in [0.25, 0.3) is 0 Å². The Morgan fingerprint density at radius 1 is 1.17 bits per heavy atom. The lowest BCUT2D eigenvalue weighted by Gasteiger charge is -2.29. The topological polar surface area (TPSA) is 95.5 Å². The van der Waals surface area contributed by atoms with Gasteiger partial charge >= 0.3 is 0 Å². The van der Waals surface area contributed by atoms with Gasteiger partial charge in [-0.05, 0) is 42.5 Å². The maximum atomic E-state index is 12.6. The molecular weight excluding hydrogens is 378 g/mol. The summed E-state index contributed by atoms with van der Waals surface area (Å²) in [4.78, 5) is 12.6. The average Bonchev–Trinajstić information content (AvgIpc) is 3.46. The number of benzene rings is 1. The van der Waals surface area contributed by atoms with Gasteiger partial charge in [0.05, 0.1) is 26.4 Å². The summed E-state index contributed by atoms with van der Waals surface area (Å²) in [5, 5.41) is 11.7. The van der Waals surface area contributed by atoms with E-state index in [1.807, 2.05) is 24.3 Å². The van der Waals surface area contributed by atoms with Crippen LogP contribution in [0.3, 0.4) is 0 Å². The Labute approximate surface area is 169 Å². The van der Waals surface area contributed by atoms with Crippen LogP contribution in [0.5, 0.6) is 11.5 Å². The number of allylic oxidation sites excluding steroid dienone is 1. The second-order valence-electron chi connectivity index (χ2n) is 7.39. The van der Waals surface area contributed by atoms with E-state index in [-0.39, 0.29) is 37.6 Å². The number of nitrogens with one attached hydrogen (secondary N) is 1. The van der Waals surface area contributed by atoms with Crippen LogP contribution in [0.1, 0.15) is 30.7 Å². The molecule has 1 saturated carbocycles. The summed E-state index contributed by atoms with van der Waals surface area (Å²) in [6.45, 7) is 1.80. The molecule has 2 aliphatic heterocycles. The monoisotopic (exact) mass is 405 g/mol. The zero-order chi connectivity index (χ0) is 20.1. The summed E-state index contributed by atoms with van der Waals surface area (Å²) in [6.07, 6.45) is 4.19. The lowest BCUT2D eigenvalue weighted by atomic mass is 9.92. The van der Waals surface area contributed by atoms with E-state index in [9.17, 15) is 4.79 Å². The number of carbonyl (C=O) groups is 1. The molecule has 0 spiro atoms. The third kappa shape index (κ3) is 5.41. The van der Waals surface area contributed by atoms with Crippen molar-refractivity contribution in [1.29, 1.82) is 0 Å². The Kier molecular flexibility index (Phi) is 6.53. The molecule has 0 radical (unpaired) electrons. The van der Waals surface area contributed by atoms with Crippen molar-refractivity contribution in [1.82, 2.24) is 5.32 Å². The normalized spacial score (nSPS) is 22.7. The van der Waals surface area contributed by atoms with Crippen molar-refractivity contribution in [2.24, 2.45) is 5.92 Å². The number of ether oxygens (including phenoxy) is 5. The smallest absolute Gasteiger partial charge is 0.286 e. The predicted octanol–water partition coefficient (Wildman–Crippen LogP) is 1.68. The van der Waals surface area contributed by atoms with Crippen molar-refractivity contribution in [3.05, 3.63) is 35.6 Å². The molecule has 3 aliphatic rings. The van der Waals surface area contributed by atoms with Crippen LogP contribution >= 0.6 is 0 Å². The van der Waals surface area contributed by atoms with Crippen LogP contribution in [-0.4, -0.2) is 57.1 Å². The van der Waals surface area contributed by atoms with Crippen LogP contribution in [0.15, 0.2) is 30.0 Å². The molecule has 1 aromatic rings. The van der Waals surface area contributed by atoms with Gasteiger partial charge in [-0.25, -0.2) is 0 Å². The molecule has 8 nitrogen and oxygen atoms in total. The van der Waals surface area contributed by atoms with Crippen LogP contribution in [-0.2, 0) is 19.0 Å². The van der Waals surface area contributed by atoms with Crippen LogP contribution in [0, 0.1) is 5.92 Å². The van der Waals surface area contributed by atoms with Crippen molar-refractivity contribution in [3.63, 3.8) is 0 Å². The Hall–Kier alpha value is -2.29. The van der Waals surface area contributed by atoms with Crippen LogP contribution < -0.4 is 14.8 Å². The fourth-order valence-electron chi connectivity index (χ4n) is 3.35. The summed E-state index contributed by atoms with van der Waals surface area (Å²) < 4.78 is 27.7. The molecule has 1 aromatic carbocycles. The third-order valence-electron chi connectivity index (χ3n) is 5.12. The van der Waals surface area contributed by atoms with Gasteiger partial charge < -0.3 is 34.1 Å². The first-order valence-electron chi connectivity index (χ1n) is 10.1. The number of aliphatic hydroxyl groups excluding tert-OH is 1. The van der Waals surface area contributed by atoms with Crippen LogP contribution in [0.2, 0.25) is 0 Å². The SMILES string of the molecule is O=C(NCC1CC1)C1=CC(c2ccc3c(c2)OCO3)CC(OCCOCCO)O1. The second-order valence-corrected chi connectivity index (χ2v) is 7.39. The molecule has 2 unspecified atom stereocenters. The summed E-state index contributed by atoms with van der Waals surface area (Å²) in [6, 6.07) is 5.80. The number of rotatable bonds is 10. The first-order valence-corrected chi connectivity index (χ1v) is 10.1. The van der Waals surface area contributed by atoms with Gasteiger partial charge in [-0.1, -0.05) is 6.07 Å². The minimum Gasteiger partial charge on any atom is -0.459 e. The highest BCUT2D eigenvalue weighted by Gasteiger charge is 2.30. The first kappa shape index (κ1) is 20.0. The first-order chi connectivity index (χ1) is 14.2. The summed E-state index contributed by atoms with van der Waals surface area (Å²) >= 11 is 0. The van der Waals surface area contributed by atoms with E-state index in [0.29, 0.717) is 37.8 Å². The molecule has 0 saturated heterocycles. The molecule has 2 N–H and O–H groups in total. The van der Waals surface area contributed by atoms with E-state index < -0.39 is 6.29 Å². The van der Waals surface area contributed by atoms with Gasteiger partial charge in [-0.15, -0.1) is 0 Å². The molecule has 0 aromatic heterocycles. The molecule has 2 atom stereocenters. The molecule has 158 valence electrons. The van der Waals surface area contributed by atoms with E-state index in [0.717, 1.165) is 11.3 Å². The highest BCUT2D eigenvalue weighted by atomic mass is 16.7. The van der Waals surface area contributed by atoms with E-state index in [4.69, 9.17) is 28.8 Å². The molecule has 0 bridgehead atoms. The van der Waals surface area contributed by atoms with Crippen molar-refractivity contribution >= 4 is 5.91 Å². The highest BCUT2D eigenvalue weighted by molar-refractivity contribution is 5.91. The zero-order valence-electron chi connectivity index (χ0n) is 16.3. The van der Waals surface area contributed by atoms with Crippen molar-refractivity contribution in [2.75, 3.05) is 39.8 Å². The maximum Gasteiger partial charge on any atom is 0.286 e. The zero-order valence-corrected chi connectivity index (χ0v) is 16.3. The minimum atomic E-state index is -0.560. The highest BCUT2D eigenvalue weighted by Crippen LogP contribution is 2.38. The van der Waals surface area contributed by atoms with Gasteiger partial charge in [-0.2, -0.15) is 0 Å². The van der Waals surface area contributed by atoms with Gasteiger partial charge in [0.2, 0.25) is 13.1 Å². The van der Waals surface area contributed by atoms with Gasteiger partial charge in [0.15, 0.2) is 17.3 Å². The lowest BCUT2D eigenvalue weighted by Crippen LogP contribution is -2.34. The van der Waals surface area contributed by atoms with E-state index in [1.165, 1.54) is 12.8 Å². The fraction of sp³-hybridized carbons (Fsp3) is 0.571. The summed E-state index contributed by atoms with van der Waals surface area (Å²) in [7, 11) is 0. The van der Waals surface area contributed by atoms with Gasteiger partial charge in [-0.3, -0.25) is 4.79 Å². The van der Waals surface area contributed by atoms with Gasteiger partial charge in [0.25, 0.3) is 5.91 Å². The van der Waals surface area contributed by atoms with Gasteiger partial charge in [0.1, 0.15) is 0 Å². The van der Waals surface area contributed by atoms with Crippen LogP contribution in [0.4, 0.5) is 0 Å². The Balaban J connectivity index is 1.43. The van der Waals surface area contributed by atoms with Crippen molar-refractivity contribution in [2.45, 2.75) is 31.5 Å². The molecule has 1 fully saturated rings. The standard InChI is InChI=1S/C21H27NO7/c23-5-6-25-7-8-26-20-11-16(15-3-4-17-18(9-15)28-13-27-17)10-19(29-20)21(24)22-12-14-1-2-14/h3-4,9-10,14,16,20,23H,1-2,5-8,11-13H2,(H,22,24). The van der Waals surface area contributed by atoms with Gasteiger partial charge in [0, 0.05) is 18.9 Å². The maximum absolute atomic E-state index is 12.6.